The van der Waals surface area contributed by atoms with Gasteiger partial charge in [-0.2, -0.15) is 0 Å². The molecule has 0 aliphatic heterocycles. The Balaban J connectivity index is 1.89. The summed E-state index contributed by atoms with van der Waals surface area (Å²) in [6.45, 7) is 0.159. The molecule has 0 radical (unpaired) electrons. The summed E-state index contributed by atoms with van der Waals surface area (Å²) in [4.78, 5) is 22.3. The Morgan fingerprint density at radius 1 is 1.09 bits per heavy atom. The van der Waals surface area contributed by atoms with Crippen molar-refractivity contribution in [2.75, 3.05) is 0 Å². The van der Waals surface area contributed by atoms with Gasteiger partial charge in [-0.15, -0.1) is 0 Å². The van der Waals surface area contributed by atoms with Crippen LogP contribution in [0.15, 0.2) is 53.0 Å². The molecule has 0 saturated carbocycles. The Morgan fingerprint density at radius 3 is 2.41 bits per heavy atom. The fourth-order valence-corrected chi connectivity index (χ4v) is 2.55. The smallest absolute Gasteiger partial charge is 0.274 e. The van der Waals surface area contributed by atoms with E-state index in [0.29, 0.717) is 18.4 Å². The third-order valence-corrected chi connectivity index (χ3v) is 4.02. The second kappa shape index (κ2) is 7.70. The first kappa shape index (κ1) is 16.2. The molecule has 1 amide bonds. The van der Waals surface area contributed by atoms with E-state index in [0.717, 1.165) is 10.0 Å². The summed E-state index contributed by atoms with van der Waals surface area (Å²) in [5.41, 5.74) is 1.58. The zero-order valence-corrected chi connectivity index (χ0v) is 13.4. The summed E-state index contributed by atoms with van der Waals surface area (Å²) in [6.07, 6.45) is 0.952. The van der Waals surface area contributed by atoms with Crippen LogP contribution in [-0.4, -0.2) is 10.8 Å². The van der Waals surface area contributed by atoms with Gasteiger partial charge >= 0.3 is 0 Å². The molecule has 2 aromatic carbocycles. The van der Waals surface area contributed by atoms with E-state index in [1.807, 2.05) is 24.3 Å². The first-order chi connectivity index (χ1) is 10.6. The van der Waals surface area contributed by atoms with Crippen molar-refractivity contribution in [2.45, 2.75) is 19.4 Å². The van der Waals surface area contributed by atoms with Crippen LogP contribution in [0.4, 0.5) is 5.69 Å². The lowest BCUT2D eigenvalue weighted by molar-refractivity contribution is -0.385. The first-order valence-corrected chi connectivity index (χ1v) is 7.59. The quantitative estimate of drug-likeness (QED) is 0.630. The van der Waals surface area contributed by atoms with Crippen molar-refractivity contribution >= 4 is 27.5 Å². The molecule has 0 atom stereocenters. The minimum Gasteiger partial charge on any atom is -0.352 e. The van der Waals surface area contributed by atoms with E-state index in [1.54, 1.807) is 18.2 Å². The third kappa shape index (κ3) is 4.39. The van der Waals surface area contributed by atoms with Gasteiger partial charge in [-0.05, 0) is 18.1 Å². The van der Waals surface area contributed by atoms with E-state index < -0.39 is 4.92 Å². The molecule has 0 spiro atoms. The van der Waals surface area contributed by atoms with E-state index >= 15 is 0 Å². The minimum atomic E-state index is -0.442. The average Bonchev–Trinajstić information content (AvgIpc) is 2.52. The highest BCUT2D eigenvalue weighted by Crippen LogP contribution is 2.18. The van der Waals surface area contributed by atoms with Crippen LogP contribution in [0, 0.1) is 10.1 Å². The van der Waals surface area contributed by atoms with Crippen LogP contribution < -0.4 is 5.32 Å². The van der Waals surface area contributed by atoms with E-state index in [2.05, 4.69) is 21.2 Å². The van der Waals surface area contributed by atoms with Gasteiger partial charge in [0.2, 0.25) is 5.91 Å². The fraction of sp³-hybridized carbons (Fsp3) is 0.188. The SMILES string of the molecule is O=C(CCc1ccccc1Br)NCc1ccccc1[N+](=O)[O-]. The van der Waals surface area contributed by atoms with Crippen LogP contribution in [0.2, 0.25) is 0 Å². The molecule has 2 aromatic rings. The van der Waals surface area contributed by atoms with Crippen molar-refractivity contribution in [2.24, 2.45) is 0 Å². The predicted molar refractivity (Wildman–Crippen MR) is 87.4 cm³/mol. The number of hydrogen-bond acceptors (Lipinski definition) is 3. The number of carbonyl (C=O) groups is 1. The molecule has 0 heterocycles. The number of para-hydroxylation sites is 1. The van der Waals surface area contributed by atoms with Gasteiger partial charge < -0.3 is 5.32 Å². The van der Waals surface area contributed by atoms with Crippen LogP contribution in [0.5, 0.6) is 0 Å². The number of carbonyl (C=O) groups excluding carboxylic acids is 1. The molecule has 6 heteroatoms. The number of nitro benzene ring substituents is 1. The van der Waals surface area contributed by atoms with E-state index in [4.69, 9.17) is 0 Å². The van der Waals surface area contributed by atoms with E-state index in [9.17, 15) is 14.9 Å². The summed E-state index contributed by atoms with van der Waals surface area (Å²) in [5, 5.41) is 13.6. The Bertz CT molecular complexity index is 689. The maximum atomic E-state index is 11.9. The van der Waals surface area contributed by atoms with E-state index in [-0.39, 0.29) is 18.1 Å². The van der Waals surface area contributed by atoms with Crippen LogP contribution in [-0.2, 0) is 17.8 Å². The van der Waals surface area contributed by atoms with Gasteiger partial charge in [0, 0.05) is 29.1 Å². The topological polar surface area (TPSA) is 72.2 Å². The fourth-order valence-electron chi connectivity index (χ4n) is 2.07. The van der Waals surface area contributed by atoms with Crippen molar-refractivity contribution in [1.82, 2.24) is 5.32 Å². The first-order valence-electron chi connectivity index (χ1n) is 6.80. The highest BCUT2D eigenvalue weighted by Gasteiger charge is 2.13. The van der Waals surface area contributed by atoms with Gasteiger partial charge in [0.15, 0.2) is 0 Å². The monoisotopic (exact) mass is 362 g/mol. The normalized spacial score (nSPS) is 10.2. The van der Waals surface area contributed by atoms with E-state index in [1.165, 1.54) is 6.07 Å². The second-order valence-corrected chi connectivity index (χ2v) is 5.61. The van der Waals surface area contributed by atoms with Gasteiger partial charge in [-0.3, -0.25) is 14.9 Å². The Kier molecular flexibility index (Phi) is 5.66. The van der Waals surface area contributed by atoms with Gasteiger partial charge in [0.05, 0.1) is 4.92 Å². The largest absolute Gasteiger partial charge is 0.352 e. The number of nitrogens with zero attached hydrogens (tertiary/aromatic N) is 1. The number of nitro groups is 1. The Labute approximate surface area is 136 Å². The van der Waals surface area contributed by atoms with Crippen molar-refractivity contribution in [3.05, 3.63) is 74.2 Å². The second-order valence-electron chi connectivity index (χ2n) is 4.75. The lowest BCUT2D eigenvalue weighted by Crippen LogP contribution is -2.23. The minimum absolute atomic E-state index is 0.0219. The highest BCUT2D eigenvalue weighted by molar-refractivity contribution is 9.10. The predicted octanol–water partition coefficient (Wildman–Crippen LogP) is 3.61. The van der Waals surface area contributed by atoms with Crippen LogP contribution >= 0.6 is 15.9 Å². The molecule has 114 valence electrons. The molecule has 1 N–H and O–H groups in total. The zero-order valence-electron chi connectivity index (χ0n) is 11.8. The molecule has 0 unspecified atom stereocenters. The molecular formula is C16H15BrN2O3. The third-order valence-electron chi connectivity index (χ3n) is 3.24. The molecule has 0 fully saturated rings. The molecule has 22 heavy (non-hydrogen) atoms. The summed E-state index contributed by atoms with van der Waals surface area (Å²) in [6, 6.07) is 14.1. The number of rotatable bonds is 6. The number of aryl methyl sites for hydroxylation is 1. The summed E-state index contributed by atoms with van der Waals surface area (Å²) < 4.78 is 0.974. The molecule has 0 saturated heterocycles. The van der Waals surface area contributed by atoms with Gasteiger partial charge in [0.25, 0.3) is 5.69 Å². The molecule has 5 nitrogen and oxygen atoms in total. The lowest BCUT2D eigenvalue weighted by Gasteiger charge is -2.07. The molecule has 2 rings (SSSR count). The van der Waals surface area contributed by atoms with Crippen LogP contribution in [0.1, 0.15) is 17.5 Å². The van der Waals surface area contributed by atoms with Crippen LogP contribution in [0.3, 0.4) is 0 Å². The van der Waals surface area contributed by atoms with Gasteiger partial charge in [-0.25, -0.2) is 0 Å². The average molecular weight is 363 g/mol. The van der Waals surface area contributed by atoms with Crippen LogP contribution in [0.25, 0.3) is 0 Å². The number of amides is 1. The summed E-state index contributed by atoms with van der Waals surface area (Å²) in [7, 11) is 0. The number of nitrogens with one attached hydrogen (secondary N) is 1. The molecule has 0 aromatic heterocycles. The van der Waals surface area contributed by atoms with Crippen molar-refractivity contribution in [3.8, 4) is 0 Å². The number of hydrogen-bond donors (Lipinski definition) is 1. The van der Waals surface area contributed by atoms with Crippen molar-refractivity contribution in [3.63, 3.8) is 0 Å². The lowest BCUT2D eigenvalue weighted by atomic mass is 10.1. The maximum absolute atomic E-state index is 11.9. The molecule has 0 bridgehead atoms. The van der Waals surface area contributed by atoms with Gasteiger partial charge in [-0.1, -0.05) is 52.3 Å². The summed E-state index contributed by atoms with van der Waals surface area (Å²) in [5.74, 6) is -0.131. The van der Waals surface area contributed by atoms with Crippen molar-refractivity contribution < 1.29 is 9.72 Å². The maximum Gasteiger partial charge on any atom is 0.274 e. The zero-order chi connectivity index (χ0) is 15.9. The highest BCUT2D eigenvalue weighted by atomic mass is 79.9. The van der Waals surface area contributed by atoms with Gasteiger partial charge in [0.1, 0.15) is 0 Å². The summed E-state index contributed by atoms with van der Waals surface area (Å²) >= 11 is 3.44. The molecule has 0 aliphatic rings. The number of halogens is 1. The standard InChI is InChI=1S/C16H15BrN2O3/c17-14-7-3-1-5-12(14)9-10-16(20)18-11-13-6-2-4-8-15(13)19(21)22/h1-8H,9-11H2,(H,18,20). The number of benzene rings is 2. The Hall–Kier alpha value is -2.21. The molecule has 0 aliphatic carbocycles. The van der Waals surface area contributed by atoms with Crippen molar-refractivity contribution in [1.29, 1.82) is 0 Å². The Morgan fingerprint density at radius 2 is 1.73 bits per heavy atom. The molecular weight excluding hydrogens is 348 g/mol.